The van der Waals surface area contributed by atoms with Gasteiger partial charge in [-0.15, -0.1) is 0 Å². The van der Waals surface area contributed by atoms with Gasteiger partial charge in [0.05, 0.1) is 28.5 Å². The lowest BCUT2D eigenvalue weighted by molar-refractivity contribution is -0.121. The number of halogens is 3. The fourth-order valence-corrected chi connectivity index (χ4v) is 2.27. The van der Waals surface area contributed by atoms with Gasteiger partial charge in [0.2, 0.25) is 5.91 Å². The second-order valence-corrected chi connectivity index (χ2v) is 5.22. The van der Waals surface area contributed by atoms with Crippen LogP contribution in [0, 0.1) is 5.82 Å². The highest BCUT2D eigenvalue weighted by Crippen LogP contribution is 2.31. The highest BCUT2D eigenvalue weighted by atomic mass is 35.5. The minimum Gasteiger partial charge on any atom is -0.467 e. The summed E-state index contributed by atoms with van der Waals surface area (Å²) in [6, 6.07) is 5.15. The lowest BCUT2D eigenvalue weighted by atomic mass is 10.2. The van der Waals surface area contributed by atoms with Crippen LogP contribution in [0.3, 0.4) is 0 Å². The molecule has 0 aliphatic rings. The first-order chi connectivity index (χ1) is 9.97. The molecule has 0 spiro atoms. The van der Waals surface area contributed by atoms with Gasteiger partial charge in [-0.3, -0.25) is 4.79 Å². The van der Waals surface area contributed by atoms with Crippen LogP contribution in [0.1, 0.15) is 12.7 Å². The van der Waals surface area contributed by atoms with E-state index in [-0.39, 0.29) is 22.5 Å². The molecule has 1 aromatic heterocycles. The Bertz CT molecular complexity index is 609. The number of hydrogen-bond acceptors (Lipinski definition) is 3. The average Bonchev–Trinajstić information content (AvgIpc) is 2.93. The predicted octanol–water partition coefficient (Wildman–Crippen LogP) is 3.84. The zero-order chi connectivity index (χ0) is 15.4. The lowest BCUT2D eigenvalue weighted by Gasteiger charge is -2.17. The highest BCUT2D eigenvalue weighted by Gasteiger charge is 2.16. The topological polar surface area (TPSA) is 54.3 Å². The van der Waals surface area contributed by atoms with Crippen molar-refractivity contribution in [2.24, 2.45) is 0 Å². The van der Waals surface area contributed by atoms with Crippen molar-refractivity contribution in [3.8, 4) is 0 Å². The number of amides is 1. The molecule has 112 valence electrons. The molecule has 1 aromatic carbocycles. The first kappa shape index (κ1) is 15.7. The Hall–Kier alpha value is -1.72. The van der Waals surface area contributed by atoms with Crippen molar-refractivity contribution in [2.75, 3.05) is 5.32 Å². The Labute approximate surface area is 131 Å². The molecular formula is C14H13Cl2FN2O2. The minimum absolute atomic E-state index is 0.116. The normalized spacial score (nSPS) is 12.0. The van der Waals surface area contributed by atoms with Crippen molar-refractivity contribution < 1.29 is 13.6 Å². The van der Waals surface area contributed by atoms with Gasteiger partial charge >= 0.3 is 0 Å². The number of anilines is 1. The van der Waals surface area contributed by atoms with E-state index in [2.05, 4.69) is 10.6 Å². The summed E-state index contributed by atoms with van der Waals surface area (Å²) in [7, 11) is 0. The van der Waals surface area contributed by atoms with E-state index in [1.165, 1.54) is 6.26 Å². The SMILES string of the molecule is CC(Nc1c(Cl)cc(F)cc1Cl)C(=O)NCc1ccco1. The molecule has 1 heterocycles. The number of rotatable bonds is 5. The van der Waals surface area contributed by atoms with Crippen LogP contribution in [0.2, 0.25) is 10.0 Å². The third-order valence-electron chi connectivity index (χ3n) is 2.78. The second kappa shape index (κ2) is 6.83. The van der Waals surface area contributed by atoms with Crippen LogP contribution < -0.4 is 10.6 Å². The van der Waals surface area contributed by atoms with E-state index in [4.69, 9.17) is 27.6 Å². The molecule has 0 aliphatic carbocycles. The van der Waals surface area contributed by atoms with Gasteiger partial charge in [-0.1, -0.05) is 23.2 Å². The molecule has 7 heteroatoms. The van der Waals surface area contributed by atoms with Crippen molar-refractivity contribution in [3.63, 3.8) is 0 Å². The number of carbonyl (C=O) groups is 1. The minimum atomic E-state index is -0.597. The van der Waals surface area contributed by atoms with E-state index >= 15 is 0 Å². The van der Waals surface area contributed by atoms with Crippen LogP contribution in [0.15, 0.2) is 34.9 Å². The zero-order valence-electron chi connectivity index (χ0n) is 11.1. The van der Waals surface area contributed by atoms with Gasteiger partial charge in [0.25, 0.3) is 0 Å². The monoisotopic (exact) mass is 330 g/mol. The fraction of sp³-hybridized carbons (Fsp3) is 0.214. The van der Waals surface area contributed by atoms with E-state index in [0.29, 0.717) is 11.4 Å². The van der Waals surface area contributed by atoms with Crippen LogP contribution >= 0.6 is 23.2 Å². The van der Waals surface area contributed by atoms with Gasteiger partial charge in [-0.2, -0.15) is 0 Å². The summed E-state index contributed by atoms with van der Waals surface area (Å²) in [5, 5.41) is 5.80. The lowest BCUT2D eigenvalue weighted by Crippen LogP contribution is -2.37. The van der Waals surface area contributed by atoms with E-state index in [9.17, 15) is 9.18 Å². The number of nitrogens with one attached hydrogen (secondary N) is 2. The summed E-state index contributed by atoms with van der Waals surface area (Å²) < 4.78 is 18.2. The zero-order valence-corrected chi connectivity index (χ0v) is 12.6. The second-order valence-electron chi connectivity index (χ2n) is 4.41. The predicted molar refractivity (Wildman–Crippen MR) is 80.1 cm³/mol. The molecule has 1 amide bonds. The number of furan rings is 1. The maximum atomic E-state index is 13.1. The Morgan fingerprint density at radius 2 is 2.05 bits per heavy atom. The maximum absolute atomic E-state index is 13.1. The molecule has 1 unspecified atom stereocenters. The van der Waals surface area contributed by atoms with Crippen molar-refractivity contribution in [1.82, 2.24) is 5.32 Å². The van der Waals surface area contributed by atoms with Gasteiger partial charge in [-0.25, -0.2) is 4.39 Å². The molecule has 0 saturated carbocycles. The molecule has 1 atom stereocenters. The van der Waals surface area contributed by atoms with Crippen molar-refractivity contribution in [2.45, 2.75) is 19.5 Å². The van der Waals surface area contributed by atoms with Crippen molar-refractivity contribution in [3.05, 3.63) is 52.2 Å². The molecule has 0 aliphatic heterocycles. The van der Waals surface area contributed by atoms with Crippen LogP contribution in [0.25, 0.3) is 0 Å². The first-order valence-electron chi connectivity index (χ1n) is 6.18. The molecule has 0 radical (unpaired) electrons. The molecule has 2 aromatic rings. The molecule has 2 rings (SSSR count). The maximum Gasteiger partial charge on any atom is 0.242 e. The molecule has 4 nitrogen and oxygen atoms in total. The van der Waals surface area contributed by atoms with Crippen LogP contribution in [0.4, 0.5) is 10.1 Å². The number of benzene rings is 1. The van der Waals surface area contributed by atoms with Crippen LogP contribution in [0.5, 0.6) is 0 Å². The van der Waals surface area contributed by atoms with Gasteiger partial charge in [0.1, 0.15) is 17.6 Å². The van der Waals surface area contributed by atoms with Crippen LogP contribution in [-0.4, -0.2) is 11.9 Å². The third-order valence-corrected chi connectivity index (χ3v) is 3.37. The van der Waals surface area contributed by atoms with E-state index < -0.39 is 11.9 Å². The molecule has 21 heavy (non-hydrogen) atoms. The number of carbonyl (C=O) groups excluding carboxylic acids is 1. The number of hydrogen-bond donors (Lipinski definition) is 2. The Balaban J connectivity index is 1.97. The first-order valence-corrected chi connectivity index (χ1v) is 6.94. The highest BCUT2D eigenvalue weighted by molar-refractivity contribution is 6.39. The van der Waals surface area contributed by atoms with Gasteiger partial charge in [0.15, 0.2) is 0 Å². The fourth-order valence-electron chi connectivity index (χ4n) is 1.70. The Kier molecular flexibility index (Phi) is 5.09. The molecule has 0 bridgehead atoms. The van der Waals surface area contributed by atoms with E-state index in [0.717, 1.165) is 12.1 Å². The van der Waals surface area contributed by atoms with Crippen LogP contribution in [-0.2, 0) is 11.3 Å². The van der Waals surface area contributed by atoms with Gasteiger partial charge < -0.3 is 15.1 Å². The smallest absolute Gasteiger partial charge is 0.242 e. The molecule has 0 fully saturated rings. The van der Waals surface area contributed by atoms with Crippen molar-refractivity contribution in [1.29, 1.82) is 0 Å². The van der Waals surface area contributed by atoms with Crippen molar-refractivity contribution >= 4 is 34.8 Å². The summed E-state index contributed by atoms with van der Waals surface area (Å²) in [6.45, 7) is 1.93. The van der Waals surface area contributed by atoms with Gasteiger partial charge in [0, 0.05) is 0 Å². The summed E-state index contributed by atoms with van der Waals surface area (Å²) >= 11 is 11.8. The molecule has 2 N–H and O–H groups in total. The standard InChI is InChI=1S/C14H13Cl2FN2O2/c1-8(14(20)18-7-10-3-2-4-21-10)19-13-11(15)5-9(17)6-12(13)16/h2-6,8,19H,7H2,1H3,(H,18,20). The average molecular weight is 331 g/mol. The summed E-state index contributed by atoms with van der Waals surface area (Å²) in [4.78, 5) is 12.0. The summed E-state index contributed by atoms with van der Waals surface area (Å²) in [6.07, 6.45) is 1.53. The Morgan fingerprint density at radius 3 is 2.62 bits per heavy atom. The van der Waals surface area contributed by atoms with Gasteiger partial charge in [-0.05, 0) is 31.2 Å². The quantitative estimate of drug-likeness (QED) is 0.875. The largest absolute Gasteiger partial charge is 0.467 e. The molecule has 0 saturated heterocycles. The Morgan fingerprint density at radius 1 is 1.38 bits per heavy atom. The summed E-state index contributed by atoms with van der Waals surface area (Å²) in [5.74, 6) is -0.151. The van der Waals surface area contributed by atoms with E-state index in [1.807, 2.05) is 0 Å². The summed E-state index contributed by atoms with van der Waals surface area (Å²) in [5.41, 5.74) is 0.320. The van der Waals surface area contributed by atoms with E-state index in [1.54, 1.807) is 19.1 Å². The molecular weight excluding hydrogens is 318 g/mol. The third kappa shape index (κ3) is 4.12.